The zero-order valence-electron chi connectivity index (χ0n) is 11.0. The van der Waals surface area contributed by atoms with Gasteiger partial charge in [0.15, 0.2) is 0 Å². The Bertz CT molecular complexity index is 473. The number of hydrogen-bond donors (Lipinski definition) is 0. The Hall–Kier alpha value is 0.400. The lowest BCUT2D eigenvalue weighted by atomic mass is 9.90. The number of fused-ring (bicyclic) bond motifs is 1. The second kappa shape index (κ2) is 5.65. The Labute approximate surface area is 142 Å². The number of benzene rings is 1. The summed E-state index contributed by atoms with van der Waals surface area (Å²) in [5.74, 6) is 0. The van der Waals surface area contributed by atoms with Crippen molar-refractivity contribution >= 4 is 51.4 Å². The molecule has 0 amide bonds. The van der Waals surface area contributed by atoms with Gasteiger partial charge in [0.05, 0.1) is 51.4 Å². The lowest BCUT2D eigenvalue weighted by Crippen LogP contribution is -2.47. The van der Waals surface area contributed by atoms with E-state index in [0.29, 0.717) is 5.54 Å². The molecule has 1 fully saturated rings. The summed E-state index contributed by atoms with van der Waals surface area (Å²) in [5, 5.41) is 0. The van der Waals surface area contributed by atoms with Gasteiger partial charge in [-0.2, -0.15) is 0 Å². The molecule has 5 heteroatoms. The van der Waals surface area contributed by atoms with E-state index in [9.17, 15) is 0 Å². The van der Waals surface area contributed by atoms with Crippen molar-refractivity contribution in [3.63, 3.8) is 0 Å². The number of hydrogen-bond acceptors (Lipinski definition) is 3. The van der Waals surface area contributed by atoms with Crippen molar-refractivity contribution in [2.75, 3.05) is 14.5 Å². The van der Waals surface area contributed by atoms with E-state index in [2.05, 4.69) is 77.1 Å². The molecule has 0 N–H and O–H groups in total. The smallest absolute Gasteiger partial charge is 0.0697 e. The molecule has 3 nitrogen and oxygen atoms in total. The van der Waals surface area contributed by atoms with Gasteiger partial charge in [-0.15, -0.1) is 0 Å². The fourth-order valence-electron chi connectivity index (χ4n) is 3.00. The molecule has 0 aromatic heterocycles. The summed E-state index contributed by atoms with van der Waals surface area (Å²) in [4.78, 5) is 2.63. The van der Waals surface area contributed by atoms with Crippen molar-refractivity contribution in [2.45, 2.75) is 38.4 Å². The lowest BCUT2D eigenvalue weighted by Gasteiger charge is -2.41. The van der Waals surface area contributed by atoms with Crippen molar-refractivity contribution < 1.29 is 4.74 Å². The fourth-order valence-corrected chi connectivity index (χ4v) is 3.60. The van der Waals surface area contributed by atoms with Crippen LogP contribution in [-0.2, 0) is 17.8 Å². The van der Waals surface area contributed by atoms with Gasteiger partial charge < -0.3 is 4.74 Å². The van der Waals surface area contributed by atoms with Crippen LogP contribution < -0.4 is 1.33 Å². The second-order valence-electron chi connectivity index (χ2n) is 5.65. The zero-order chi connectivity index (χ0) is 13.5. The Morgan fingerprint density at radius 1 is 1.16 bits per heavy atom. The normalized spacial score (nSPS) is 22.3. The van der Waals surface area contributed by atoms with Gasteiger partial charge in [-0.3, -0.25) is 6.23 Å². The van der Waals surface area contributed by atoms with Crippen LogP contribution >= 0.6 is 45.7 Å². The third-order valence-electron chi connectivity index (χ3n) is 4.44. The Morgan fingerprint density at radius 2 is 1.84 bits per heavy atom. The number of halogens is 2. The molecule has 0 unspecified atom stereocenters. The highest BCUT2D eigenvalue weighted by atomic mass is 127. The molecular formula is C14H18I2N2O. The van der Waals surface area contributed by atoms with Crippen LogP contribution in [0.25, 0.3) is 0 Å². The molecule has 2 aliphatic heterocycles. The molecule has 0 bridgehead atoms. The first-order valence-corrected chi connectivity index (χ1v) is 8.58. The number of anilines is 1. The van der Waals surface area contributed by atoms with Crippen molar-refractivity contribution in [1.82, 2.24) is 4.90 Å². The molecule has 1 aromatic rings. The Balaban J connectivity index is 1.80. The van der Waals surface area contributed by atoms with E-state index in [0.717, 1.165) is 39.1 Å². The van der Waals surface area contributed by atoms with Crippen molar-refractivity contribution in [3.05, 3.63) is 29.3 Å². The molecule has 19 heavy (non-hydrogen) atoms. The first-order valence-electron chi connectivity index (χ1n) is 6.65. The fraction of sp³-hybridized carbons (Fsp3) is 0.571. The average molecular weight is 484 g/mol. The van der Waals surface area contributed by atoms with E-state index < -0.39 is 0 Å². The highest BCUT2D eigenvalue weighted by molar-refractivity contribution is 14.2. The molecule has 0 aliphatic carbocycles. The van der Waals surface area contributed by atoms with Crippen molar-refractivity contribution in [2.24, 2.45) is 0 Å². The first-order chi connectivity index (χ1) is 9.08. The molecule has 1 saturated heterocycles. The minimum atomic E-state index is 0.311. The predicted octanol–water partition coefficient (Wildman–Crippen LogP) is 4.08. The summed E-state index contributed by atoms with van der Waals surface area (Å²) in [6.45, 7) is 6.38. The number of rotatable bonds is 2. The highest BCUT2D eigenvalue weighted by Gasteiger charge is 2.37. The van der Waals surface area contributed by atoms with Gasteiger partial charge in [0.25, 0.3) is 0 Å². The van der Waals surface area contributed by atoms with Gasteiger partial charge in [0.1, 0.15) is 0 Å². The van der Waals surface area contributed by atoms with Crippen LogP contribution in [0, 0.1) is 0 Å². The largest absolute Gasteiger partial charge is 0.381 e. The van der Waals surface area contributed by atoms with E-state index in [4.69, 9.17) is 4.74 Å². The van der Waals surface area contributed by atoms with Gasteiger partial charge >= 0.3 is 0 Å². The molecule has 104 valence electrons. The maximum atomic E-state index is 5.52. The summed E-state index contributed by atoms with van der Waals surface area (Å²) < 4.78 is 7.64. The molecule has 0 saturated carbocycles. The summed E-state index contributed by atoms with van der Waals surface area (Å²) >= 11 is 4.63. The lowest BCUT2D eigenvalue weighted by molar-refractivity contribution is -0.0215. The maximum Gasteiger partial charge on any atom is 0.0697 e. The van der Waals surface area contributed by atoms with Gasteiger partial charge in [-0.1, -0.05) is 6.07 Å². The second-order valence-corrected chi connectivity index (χ2v) is 9.43. The van der Waals surface area contributed by atoms with E-state index in [1.807, 2.05) is 0 Å². The molecule has 2 aliphatic rings. The van der Waals surface area contributed by atoms with E-state index in [-0.39, 0.29) is 0 Å². The molecular weight excluding hydrogens is 466 g/mol. The van der Waals surface area contributed by atoms with Gasteiger partial charge in [0, 0.05) is 31.8 Å². The minimum absolute atomic E-state index is 0.311. The predicted molar refractivity (Wildman–Crippen MR) is 94.7 cm³/mol. The summed E-state index contributed by atoms with van der Waals surface area (Å²) in [6.07, 6.45) is 2.30. The minimum Gasteiger partial charge on any atom is -0.381 e. The van der Waals surface area contributed by atoms with Crippen LogP contribution in [0.3, 0.4) is 0 Å². The first kappa shape index (κ1) is 14.3. The number of nitrogens with zero attached hydrogens (tertiary/aromatic N) is 2. The third kappa shape index (κ3) is 2.89. The van der Waals surface area contributed by atoms with Crippen molar-refractivity contribution in [1.29, 1.82) is 0 Å². The SMILES string of the molecule is CC1(N2Cc3ccc(N(I)I)cc3C2)CCOCC1. The topological polar surface area (TPSA) is 15.7 Å². The van der Waals surface area contributed by atoms with Crippen LogP contribution in [0.4, 0.5) is 5.69 Å². The Morgan fingerprint density at radius 3 is 2.53 bits per heavy atom. The maximum absolute atomic E-state index is 5.52. The van der Waals surface area contributed by atoms with Crippen molar-refractivity contribution in [3.8, 4) is 0 Å². The summed E-state index contributed by atoms with van der Waals surface area (Å²) in [5.41, 5.74) is 4.57. The van der Waals surface area contributed by atoms with Crippen LogP contribution in [0.15, 0.2) is 18.2 Å². The van der Waals surface area contributed by atoms with E-state index >= 15 is 0 Å². The quantitative estimate of drug-likeness (QED) is 0.465. The van der Waals surface area contributed by atoms with Gasteiger partial charge in [0.2, 0.25) is 0 Å². The summed E-state index contributed by atoms with van der Waals surface area (Å²) in [7, 11) is 0. The molecule has 0 radical (unpaired) electrons. The molecule has 3 rings (SSSR count). The van der Waals surface area contributed by atoms with Crippen LogP contribution in [0.5, 0.6) is 0 Å². The highest BCUT2D eigenvalue weighted by Crippen LogP contribution is 2.37. The molecule has 2 heterocycles. The standard InChI is InChI=1S/C14H18I2N2O/c1-14(4-6-19-7-5-14)17-9-11-2-3-13(18(15)16)8-12(11)10-17/h2-3,8H,4-7,9-10H2,1H3. The molecule has 0 atom stereocenters. The third-order valence-corrected chi connectivity index (χ3v) is 5.55. The van der Waals surface area contributed by atoms with Crippen LogP contribution in [-0.4, -0.2) is 23.7 Å². The van der Waals surface area contributed by atoms with Crippen LogP contribution in [0.2, 0.25) is 0 Å². The van der Waals surface area contributed by atoms with E-state index in [1.54, 1.807) is 0 Å². The Kier molecular flexibility index (Phi) is 4.26. The van der Waals surface area contributed by atoms with Crippen LogP contribution in [0.1, 0.15) is 30.9 Å². The molecule has 0 spiro atoms. The molecule has 1 aromatic carbocycles. The zero-order valence-corrected chi connectivity index (χ0v) is 15.3. The van der Waals surface area contributed by atoms with E-state index in [1.165, 1.54) is 16.8 Å². The van der Waals surface area contributed by atoms with Gasteiger partial charge in [-0.25, -0.2) is 0 Å². The average Bonchev–Trinajstić information content (AvgIpc) is 2.83. The monoisotopic (exact) mass is 484 g/mol. The summed E-state index contributed by atoms with van der Waals surface area (Å²) in [6, 6.07) is 6.84. The van der Waals surface area contributed by atoms with Gasteiger partial charge in [-0.05, 0) is 43.0 Å². The number of ether oxygens (including phenoxy) is 1.